The third-order valence-electron chi connectivity index (χ3n) is 3.44. The highest BCUT2D eigenvalue weighted by molar-refractivity contribution is 7.97. The maximum atomic E-state index is 11.2. The van der Waals surface area contributed by atoms with E-state index < -0.39 is 7.25 Å². The Morgan fingerprint density at radius 1 is 1.17 bits per heavy atom. The van der Waals surface area contributed by atoms with Crippen molar-refractivity contribution in [3.8, 4) is 0 Å². The van der Waals surface area contributed by atoms with Crippen LogP contribution >= 0.6 is 0 Å². The fourth-order valence-electron chi connectivity index (χ4n) is 2.10. The van der Waals surface area contributed by atoms with Crippen LogP contribution in [0.15, 0.2) is 30.3 Å². The molecule has 138 valence electrons. The van der Waals surface area contributed by atoms with Crippen molar-refractivity contribution in [2.75, 3.05) is 13.4 Å². The van der Waals surface area contributed by atoms with Crippen LogP contribution in [0.2, 0.25) is 0 Å². The van der Waals surface area contributed by atoms with Crippen molar-refractivity contribution in [3.05, 3.63) is 35.9 Å². The van der Waals surface area contributed by atoms with Gasteiger partial charge >= 0.3 is 13.2 Å². The fraction of sp³-hybridized carbons (Fsp3) is 0.562. The molecular formula is C16H25BF4O2S. The molecule has 0 aliphatic heterocycles. The van der Waals surface area contributed by atoms with Crippen molar-refractivity contribution in [2.24, 2.45) is 0 Å². The first kappa shape index (κ1) is 22.8. The summed E-state index contributed by atoms with van der Waals surface area (Å²) in [5.74, 6) is -0.104. The minimum absolute atomic E-state index is 0.104. The van der Waals surface area contributed by atoms with Crippen molar-refractivity contribution in [1.82, 2.24) is 0 Å². The molecule has 0 fully saturated rings. The molecule has 2 atom stereocenters. The van der Waals surface area contributed by atoms with E-state index in [1.165, 1.54) is 12.7 Å². The van der Waals surface area contributed by atoms with Gasteiger partial charge in [-0.15, -0.1) is 0 Å². The molecular weight excluding hydrogens is 343 g/mol. The van der Waals surface area contributed by atoms with Gasteiger partial charge < -0.3 is 22.0 Å². The lowest BCUT2D eigenvalue weighted by Crippen LogP contribution is -2.21. The summed E-state index contributed by atoms with van der Waals surface area (Å²) in [7, 11) is -4.23. The highest BCUT2D eigenvalue weighted by atomic mass is 32.2. The molecule has 0 saturated heterocycles. The van der Waals surface area contributed by atoms with E-state index in [0.29, 0.717) is 27.8 Å². The number of hydrogen-bond donors (Lipinski definition) is 0. The van der Waals surface area contributed by atoms with Crippen molar-refractivity contribution in [1.29, 1.82) is 0 Å². The summed E-state index contributed by atoms with van der Waals surface area (Å²) >= 11 is 0. The number of carbonyl (C=O) groups excluding carboxylic acids is 1. The van der Waals surface area contributed by atoms with E-state index in [4.69, 9.17) is 4.74 Å². The van der Waals surface area contributed by atoms with Crippen molar-refractivity contribution in [3.63, 3.8) is 0 Å². The molecule has 1 rings (SSSR count). The molecule has 0 aliphatic carbocycles. The van der Waals surface area contributed by atoms with E-state index in [-0.39, 0.29) is 5.97 Å². The van der Waals surface area contributed by atoms with Gasteiger partial charge in [-0.05, 0) is 37.6 Å². The van der Waals surface area contributed by atoms with Gasteiger partial charge in [0.2, 0.25) is 0 Å². The quantitative estimate of drug-likeness (QED) is 0.292. The Kier molecular flexibility index (Phi) is 10.8. The third-order valence-corrected chi connectivity index (χ3v) is 6.33. The molecule has 24 heavy (non-hydrogen) atoms. The van der Waals surface area contributed by atoms with Gasteiger partial charge in [0.1, 0.15) is 10.5 Å². The minimum atomic E-state index is -6.00. The number of ether oxygens (including phenoxy) is 1. The van der Waals surface area contributed by atoms with Crippen LogP contribution in [0.25, 0.3) is 0 Å². The minimum Gasteiger partial charge on any atom is -0.469 e. The zero-order chi connectivity index (χ0) is 18.8. The summed E-state index contributed by atoms with van der Waals surface area (Å²) in [6.07, 6.45) is 4.81. The first-order chi connectivity index (χ1) is 11.1. The van der Waals surface area contributed by atoms with Crippen LogP contribution in [0.1, 0.15) is 43.9 Å². The van der Waals surface area contributed by atoms with E-state index in [1.807, 2.05) is 0 Å². The number of rotatable bonds is 7. The molecule has 2 unspecified atom stereocenters. The van der Waals surface area contributed by atoms with Gasteiger partial charge in [-0.3, -0.25) is 4.79 Å². The van der Waals surface area contributed by atoms with Gasteiger partial charge in [0.15, 0.2) is 0 Å². The topological polar surface area (TPSA) is 26.3 Å². The van der Waals surface area contributed by atoms with Gasteiger partial charge in [-0.25, -0.2) is 0 Å². The zero-order valence-corrected chi connectivity index (χ0v) is 15.3. The fourth-order valence-corrected chi connectivity index (χ4v) is 3.88. The van der Waals surface area contributed by atoms with Gasteiger partial charge in [-0.2, -0.15) is 0 Å². The van der Waals surface area contributed by atoms with E-state index in [0.717, 1.165) is 12.8 Å². The van der Waals surface area contributed by atoms with Crippen molar-refractivity contribution in [2.45, 2.75) is 43.6 Å². The Morgan fingerprint density at radius 2 is 1.67 bits per heavy atom. The molecule has 1 aromatic carbocycles. The van der Waals surface area contributed by atoms with E-state index >= 15 is 0 Å². The Hall–Kier alpha value is -1.18. The normalized spacial score (nSPS) is 13.7. The number of halogens is 4. The first-order valence-electron chi connectivity index (χ1n) is 7.68. The van der Waals surface area contributed by atoms with Crippen LogP contribution in [0.4, 0.5) is 17.3 Å². The Balaban J connectivity index is 0.000000922. The largest absolute Gasteiger partial charge is 0.673 e. The second-order valence-electron chi connectivity index (χ2n) is 5.52. The van der Waals surface area contributed by atoms with Crippen LogP contribution in [-0.4, -0.2) is 31.8 Å². The SMILES string of the molecule is COC(=O)CCCC(c1ccccc1)[S+](C)C(C)C.F[B-](F)(F)F. The highest BCUT2D eigenvalue weighted by Gasteiger charge is 2.30. The van der Waals surface area contributed by atoms with Crippen molar-refractivity contribution >= 4 is 24.1 Å². The summed E-state index contributed by atoms with van der Waals surface area (Å²) in [6, 6.07) is 10.7. The smallest absolute Gasteiger partial charge is 0.469 e. The Bertz CT molecular complexity index is 463. The lowest BCUT2D eigenvalue weighted by Gasteiger charge is -2.19. The highest BCUT2D eigenvalue weighted by Crippen LogP contribution is 2.31. The molecule has 0 radical (unpaired) electrons. The predicted molar refractivity (Wildman–Crippen MR) is 93.7 cm³/mol. The van der Waals surface area contributed by atoms with Crippen LogP contribution in [-0.2, 0) is 20.4 Å². The number of methoxy groups -OCH3 is 1. The maximum absolute atomic E-state index is 11.2. The number of carbonyl (C=O) groups is 1. The molecule has 0 N–H and O–H groups in total. The standard InChI is InChI=1S/C16H25O2S.BF4/c1-13(2)19(4)15(11-8-12-16(17)18-3)14-9-6-5-7-10-14;2-1(3,4)5/h5-7,9-10,13,15H,8,11-12H2,1-4H3;/q+1;-1. The third kappa shape index (κ3) is 11.4. The van der Waals surface area contributed by atoms with Gasteiger partial charge in [0, 0.05) is 12.0 Å². The van der Waals surface area contributed by atoms with Crippen molar-refractivity contribution < 1.29 is 26.8 Å². The second kappa shape index (κ2) is 11.4. The van der Waals surface area contributed by atoms with Crippen LogP contribution in [0.3, 0.4) is 0 Å². The summed E-state index contributed by atoms with van der Waals surface area (Å²) in [6.45, 7) is 4.55. The van der Waals surface area contributed by atoms with Gasteiger partial charge in [0.25, 0.3) is 0 Å². The summed E-state index contributed by atoms with van der Waals surface area (Å²) in [5.41, 5.74) is 1.40. The molecule has 1 aromatic rings. The van der Waals surface area contributed by atoms with Gasteiger partial charge in [-0.1, -0.05) is 30.3 Å². The molecule has 0 amide bonds. The molecule has 0 saturated carbocycles. The van der Waals surface area contributed by atoms with E-state index in [1.54, 1.807) is 0 Å². The Morgan fingerprint density at radius 3 is 2.08 bits per heavy atom. The molecule has 0 heterocycles. The van der Waals surface area contributed by atoms with E-state index in [2.05, 4.69) is 50.4 Å². The van der Waals surface area contributed by atoms with E-state index in [9.17, 15) is 22.1 Å². The first-order valence-corrected chi connectivity index (χ1v) is 9.44. The molecule has 0 spiro atoms. The van der Waals surface area contributed by atoms with Crippen LogP contribution in [0, 0.1) is 0 Å². The maximum Gasteiger partial charge on any atom is 0.673 e. The van der Waals surface area contributed by atoms with Crippen LogP contribution < -0.4 is 0 Å². The number of hydrogen-bond acceptors (Lipinski definition) is 2. The molecule has 0 aliphatic rings. The average molecular weight is 368 g/mol. The van der Waals surface area contributed by atoms with Crippen LogP contribution in [0.5, 0.6) is 0 Å². The molecule has 8 heteroatoms. The lowest BCUT2D eigenvalue weighted by atomic mass is 10.1. The number of esters is 1. The Labute approximate surface area is 144 Å². The zero-order valence-electron chi connectivity index (χ0n) is 14.5. The number of benzene rings is 1. The lowest BCUT2D eigenvalue weighted by molar-refractivity contribution is -0.140. The second-order valence-corrected chi connectivity index (χ2v) is 8.25. The monoisotopic (exact) mass is 368 g/mol. The average Bonchev–Trinajstić information content (AvgIpc) is 2.49. The van der Waals surface area contributed by atoms with Gasteiger partial charge in [0.05, 0.1) is 13.4 Å². The predicted octanol–water partition coefficient (Wildman–Crippen LogP) is 5.03. The molecule has 2 nitrogen and oxygen atoms in total. The molecule has 0 aromatic heterocycles. The summed E-state index contributed by atoms with van der Waals surface area (Å²) in [5, 5.41) is 1.22. The summed E-state index contributed by atoms with van der Waals surface area (Å²) in [4.78, 5) is 11.2. The summed E-state index contributed by atoms with van der Waals surface area (Å²) < 4.78 is 43.7. The molecule has 0 bridgehead atoms.